The number of imide groups is 1. The molecule has 2 aromatic carbocycles. The molecule has 2 aromatic rings. The molecule has 156 valence electrons. The summed E-state index contributed by atoms with van der Waals surface area (Å²) in [6.07, 6.45) is 1.54. The molecule has 1 fully saturated rings. The first-order valence-corrected chi connectivity index (χ1v) is 10.2. The van der Waals surface area contributed by atoms with Gasteiger partial charge in [-0.25, -0.2) is 0 Å². The standard InChI is InChI=1S/C22H22N2O5S/c1-4-29-18-10-15(6-8-17(18)25)11-19-21(27)24(22(28)30-19)12-20(26)23-16-7-5-13(2)9-14(16)3/h5-11,25H,4,12H2,1-3H3,(H,23,26)/b19-11+. The van der Waals surface area contributed by atoms with Crippen LogP contribution in [0.4, 0.5) is 10.5 Å². The molecule has 3 rings (SSSR count). The summed E-state index contributed by atoms with van der Waals surface area (Å²) < 4.78 is 5.34. The van der Waals surface area contributed by atoms with Crippen molar-refractivity contribution in [1.29, 1.82) is 0 Å². The first-order valence-electron chi connectivity index (χ1n) is 9.36. The summed E-state index contributed by atoms with van der Waals surface area (Å²) in [7, 11) is 0. The molecule has 2 N–H and O–H groups in total. The Morgan fingerprint density at radius 1 is 1.20 bits per heavy atom. The van der Waals surface area contributed by atoms with Crippen molar-refractivity contribution in [3.63, 3.8) is 0 Å². The van der Waals surface area contributed by atoms with E-state index in [-0.39, 0.29) is 17.2 Å². The molecule has 1 saturated heterocycles. The number of hydrogen-bond donors (Lipinski definition) is 2. The first-order chi connectivity index (χ1) is 14.3. The van der Waals surface area contributed by atoms with Crippen molar-refractivity contribution in [2.75, 3.05) is 18.5 Å². The predicted molar refractivity (Wildman–Crippen MR) is 116 cm³/mol. The highest BCUT2D eigenvalue weighted by atomic mass is 32.2. The van der Waals surface area contributed by atoms with E-state index in [1.807, 2.05) is 26.0 Å². The summed E-state index contributed by atoms with van der Waals surface area (Å²) >= 11 is 0.769. The molecule has 1 heterocycles. The summed E-state index contributed by atoms with van der Waals surface area (Å²) in [4.78, 5) is 38.4. The van der Waals surface area contributed by atoms with Gasteiger partial charge in [0.25, 0.3) is 11.1 Å². The molecule has 0 spiro atoms. The normalized spacial score (nSPS) is 15.0. The van der Waals surface area contributed by atoms with Gasteiger partial charge in [0.05, 0.1) is 11.5 Å². The second-order valence-electron chi connectivity index (χ2n) is 6.79. The van der Waals surface area contributed by atoms with Crippen LogP contribution >= 0.6 is 11.8 Å². The second-order valence-corrected chi connectivity index (χ2v) is 7.79. The van der Waals surface area contributed by atoms with Crippen LogP contribution in [0.25, 0.3) is 6.08 Å². The smallest absolute Gasteiger partial charge is 0.294 e. The molecule has 8 heteroatoms. The predicted octanol–water partition coefficient (Wildman–Crippen LogP) is 4.08. The van der Waals surface area contributed by atoms with Gasteiger partial charge < -0.3 is 15.2 Å². The van der Waals surface area contributed by atoms with Gasteiger partial charge in [-0.1, -0.05) is 23.8 Å². The highest BCUT2D eigenvalue weighted by molar-refractivity contribution is 8.18. The van der Waals surface area contributed by atoms with E-state index in [0.29, 0.717) is 23.6 Å². The number of ether oxygens (including phenoxy) is 1. The molecule has 0 bridgehead atoms. The zero-order chi connectivity index (χ0) is 21.8. The van der Waals surface area contributed by atoms with Gasteiger partial charge in [-0.2, -0.15) is 0 Å². The maximum Gasteiger partial charge on any atom is 0.294 e. The van der Waals surface area contributed by atoms with Crippen molar-refractivity contribution in [2.45, 2.75) is 20.8 Å². The monoisotopic (exact) mass is 426 g/mol. The number of nitrogens with one attached hydrogen (secondary N) is 1. The molecule has 1 aliphatic heterocycles. The molecular formula is C22H22N2O5S. The van der Waals surface area contributed by atoms with Gasteiger partial charge in [0.2, 0.25) is 5.91 Å². The van der Waals surface area contributed by atoms with Crippen molar-refractivity contribution >= 4 is 40.6 Å². The SMILES string of the molecule is CCOc1cc(/C=C2/SC(=O)N(CC(=O)Nc3ccc(C)cc3C)C2=O)ccc1O. The van der Waals surface area contributed by atoms with Crippen molar-refractivity contribution in [3.05, 3.63) is 58.0 Å². The van der Waals surface area contributed by atoms with Crippen LogP contribution in [0.2, 0.25) is 0 Å². The average Bonchev–Trinajstić information content (AvgIpc) is 2.94. The van der Waals surface area contributed by atoms with Crippen LogP contribution in [0.15, 0.2) is 41.3 Å². The number of aromatic hydroxyl groups is 1. The van der Waals surface area contributed by atoms with E-state index in [1.54, 1.807) is 25.1 Å². The largest absolute Gasteiger partial charge is 0.504 e. The van der Waals surface area contributed by atoms with E-state index >= 15 is 0 Å². The molecule has 0 saturated carbocycles. The minimum atomic E-state index is -0.535. The number of carbonyl (C=O) groups excluding carboxylic acids is 3. The Morgan fingerprint density at radius 2 is 1.97 bits per heavy atom. The summed E-state index contributed by atoms with van der Waals surface area (Å²) in [6.45, 7) is 5.63. The molecule has 30 heavy (non-hydrogen) atoms. The van der Waals surface area contributed by atoms with E-state index in [1.165, 1.54) is 12.1 Å². The maximum absolute atomic E-state index is 12.7. The highest BCUT2D eigenvalue weighted by Gasteiger charge is 2.36. The highest BCUT2D eigenvalue weighted by Crippen LogP contribution is 2.34. The third kappa shape index (κ3) is 4.83. The number of rotatable bonds is 6. The van der Waals surface area contributed by atoms with Crippen LogP contribution in [0.5, 0.6) is 11.5 Å². The van der Waals surface area contributed by atoms with Crippen LogP contribution in [-0.4, -0.2) is 40.2 Å². The van der Waals surface area contributed by atoms with E-state index in [2.05, 4.69) is 5.32 Å². The Balaban J connectivity index is 1.72. The van der Waals surface area contributed by atoms with Gasteiger partial charge in [-0.15, -0.1) is 0 Å². The van der Waals surface area contributed by atoms with Crippen LogP contribution in [-0.2, 0) is 9.59 Å². The van der Waals surface area contributed by atoms with Gasteiger partial charge in [0, 0.05) is 5.69 Å². The number of anilines is 1. The fraction of sp³-hybridized carbons (Fsp3) is 0.227. The van der Waals surface area contributed by atoms with E-state index < -0.39 is 17.1 Å². The number of carbonyl (C=O) groups is 3. The minimum absolute atomic E-state index is 0.00910. The Labute approximate surface area is 178 Å². The van der Waals surface area contributed by atoms with Crippen LogP contribution < -0.4 is 10.1 Å². The Hall–Kier alpha value is -3.26. The van der Waals surface area contributed by atoms with Crippen LogP contribution in [0, 0.1) is 13.8 Å². The Morgan fingerprint density at radius 3 is 2.67 bits per heavy atom. The molecule has 0 aliphatic carbocycles. The fourth-order valence-electron chi connectivity index (χ4n) is 2.97. The number of phenols is 1. The topological polar surface area (TPSA) is 95.9 Å². The van der Waals surface area contributed by atoms with Gasteiger partial charge in [-0.3, -0.25) is 19.3 Å². The average molecular weight is 426 g/mol. The lowest BCUT2D eigenvalue weighted by atomic mass is 10.1. The van der Waals surface area contributed by atoms with Crippen molar-refractivity contribution in [1.82, 2.24) is 4.90 Å². The lowest BCUT2D eigenvalue weighted by Gasteiger charge is -2.14. The Bertz CT molecular complexity index is 1050. The third-order valence-corrected chi connectivity index (χ3v) is 5.32. The zero-order valence-corrected chi connectivity index (χ0v) is 17.7. The molecule has 7 nitrogen and oxygen atoms in total. The van der Waals surface area contributed by atoms with E-state index in [4.69, 9.17) is 4.74 Å². The van der Waals surface area contributed by atoms with Crippen molar-refractivity contribution < 1.29 is 24.2 Å². The summed E-state index contributed by atoms with van der Waals surface area (Å²) in [5.74, 6) is -0.705. The van der Waals surface area contributed by atoms with Gasteiger partial charge >= 0.3 is 0 Å². The molecule has 0 radical (unpaired) electrons. The van der Waals surface area contributed by atoms with Gasteiger partial charge in [0.1, 0.15) is 6.54 Å². The number of aryl methyl sites for hydroxylation is 2. The third-order valence-electron chi connectivity index (χ3n) is 4.41. The second kappa shape index (κ2) is 9.04. The first kappa shape index (κ1) is 21.4. The lowest BCUT2D eigenvalue weighted by molar-refractivity contribution is -0.127. The molecular weight excluding hydrogens is 404 g/mol. The Kier molecular flexibility index (Phi) is 6.47. The van der Waals surface area contributed by atoms with Crippen LogP contribution in [0.1, 0.15) is 23.6 Å². The molecule has 0 unspecified atom stereocenters. The minimum Gasteiger partial charge on any atom is -0.504 e. The summed E-state index contributed by atoms with van der Waals surface area (Å²) in [5.41, 5.74) is 3.21. The van der Waals surface area contributed by atoms with Crippen LogP contribution in [0.3, 0.4) is 0 Å². The number of amides is 3. The summed E-state index contributed by atoms with van der Waals surface area (Å²) in [5, 5.41) is 12.0. The summed E-state index contributed by atoms with van der Waals surface area (Å²) in [6, 6.07) is 10.3. The van der Waals surface area contributed by atoms with Crippen molar-refractivity contribution in [3.8, 4) is 11.5 Å². The maximum atomic E-state index is 12.7. The van der Waals surface area contributed by atoms with Crippen molar-refractivity contribution in [2.24, 2.45) is 0 Å². The molecule has 0 atom stereocenters. The number of phenolic OH excluding ortho intramolecular Hbond substituents is 1. The zero-order valence-electron chi connectivity index (χ0n) is 16.9. The number of hydrogen-bond acceptors (Lipinski definition) is 6. The lowest BCUT2D eigenvalue weighted by Crippen LogP contribution is -2.36. The quantitative estimate of drug-likeness (QED) is 0.676. The van der Waals surface area contributed by atoms with Gasteiger partial charge in [-0.05, 0) is 67.9 Å². The fourth-order valence-corrected chi connectivity index (χ4v) is 3.80. The molecule has 0 aromatic heterocycles. The number of benzene rings is 2. The van der Waals surface area contributed by atoms with Gasteiger partial charge in [0.15, 0.2) is 11.5 Å². The molecule has 3 amide bonds. The number of nitrogens with zero attached hydrogens (tertiary/aromatic N) is 1. The number of thioether (sulfide) groups is 1. The van der Waals surface area contributed by atoms with E-state index in [0.717, 1.165) is 27.8 Å². The molecule has 1 aliphatic rings. The van der Waals surface area contributed by atoms with E-state index in [9.17, 15) is 19.5 Å².